The molecule has 0 saturated carbocycles. The molecule has 5 rings (SSSR count). The Kier molecular flexibility index (Phi) is 5.38. The molecule has 0 aromatic heterocycles. The first-order chi connectivity index (χ1) is 16.0. The number of rotatable bonds is 5. The zero-order valence-corrected chi connectivity index (χ0v) is 18.9. The number of fused-ring (bicyclic) bond motifs is 1. The summed E-state index contributed by atoms with van der Waals surface area (Å²) in [6.07, 6.45) is -0.880. The number of para-hydroxylation sites is 1. The largest absolute Gasteiger partial charge is 0.494 e. The van der Waals surface area contributed by atoms with Crippen molar-refractivity contribution in [2.24, 2.45) is 5.92 Å². The molecule has 0 radical (unpaired) electrons. The van der Waals surface area contributed by atoms with Crippen molar-refractivity contribution in [1.29, 1.82) is 0 Å². The van der Waals surface area contributed by atoms with E-state index in [0.717, 1.165) is 22.4 Å². The molecule has 0 N–H and O–H groups in total. The molecule has 6 nitrogen and oxygen atoms in total. The fraction of sp³-hybridized carbons (Fsp3) is 0.259. The number of imide groups is 1. The molecule has 0 aliphatic carbocycles. The Balaban J connectivity index is 1.55. The first-order valence-electron chi connectivity index (χ1n) is 11.2. The molecule has 2 aliphatic rings. The van der Waals surface area contributed by atoms with Gasteiger partial charge in [-0.2, -0.15) is 0 Å². The van der Waals surface area contributed by atoms with Gasteiger partial charge in [0, 0.05) is 0 Å². The maximum atomic E-state index is 13.7. The molecule has 0 unspecified atom stereocenters. The molecule has 168 valence electrons. The number of carbonyl (C=O) groups excluding carboxylic acids is 2. The van der Waals surface area contributed by atoms with Gasteiger partial charge in [0.2, 0.25) is 5.91 Å². The third-order valence-corrected chi connectivity index (χ3v) is 6.28. The molecule has 2 saturated heterocycles. The summed E-state index contributed by atoms with van der Waals surface area (Å²) in [5, 5.41) is 1.73. The van der Waals surface area contributed by atoms with Gasteiger partial charge in [-0.25, -0.2) is 9.96 Å². The van der Waals surface area contributed by atoms with E-state index >= 15 is 0 Å². The number of hydroxylamine groups is 1. The van der Waals surface area contributed by atoms with Crippen LogP contribution in [-0.4, -0.2) is 24.5 Å². The molecule has 6 heteroatoms. The van der Waals surface area contributed by atoms with E-state index in [2.05, 4.69) is 6.07 Å². The molecular weight excluding hydrogens is 416 g/mol. The van der Waals surface area contributed by atoms with E-state index in [1.54, 1.807) is 29.3 Å². The van der Waals surface area contributed by atoms with Crippen LogP contribution in [0, 0.1) is 19.8 Å². The fourth-order valence-corrected chi connectivity index (χ4v) is 4.80. The van der Waals surface area contributed by atoms with Gasteiger partial charge in [-0.1, -0.05) is 42.0 Å². The lowest BCUT2D eigenvalue weighted by atomic mass is 9.87. The van der Waals surface area contributed by atoms with Crippen LogP contribution in [0.1, 0.15) is 29.7 Å². The van der Waals surface area contributed by atoms with Gasteiger partial charge in [0.1, 0.15) is 11.7 Å². The lowest BCUT2D eigenvalue weighted by Gasteiger charge is -2.29. The van der Waals surface area contributed by atoms with Gasteiger partial charge >= 0.3 is 0 Å². The van der Waals surface area contributed by atoms with Crippen LogP contribution in [0.2, 0.25) is 0 Å². The minimum Gasteiger partial charge on any atom is -0.494 e. The predicted octanol–water partition coefficient (Wildman–Crippen LogP) is 4.75. The van der Waals surface area contributed by atoms with Crippen LogP contribution >= 0.6 is 0 Å². The summed E-state index contributed by atoms with van der Waals surface area (Å²) in [4.78, 5) is 34.6. The Bertz CT molecular complexity index is 1190. The average molecular weight is 443 g/mol. The second-order valence-electron chi connectivity index (χ2n) is 8.46. The standard InChI is InChI=1S/C27H26N2O4/c1-4-32-21-13-11-19(12-14-21)28-26(30)23-24(22-15-10-17(2)16-18(22)3)29(33-25(23)27(28)31)20-8-6-5-7-9-20/h5-16,23-25H,4H2,1-3H3/t23-,24-,25+/m0/s1. The van der Waals surface area contributed by atoms with Gasteiger partial charge in [-0.3, -0.25) is 14.4 Å². The number of hydrogen-bond acceptors (Lipinski definition) is 5. The topological polar surface area (TPSA) is 59.1 Å². The van der Waals surface area contributed by atoms with Crippen molar-refractivity contribution in [3.63, 3.8) is 0 Å². The highest BCUT2D eigenvalue weighted by Gasteiger charge is 2.60. The van der Waals surface area contributed by atoms with Crippen LogP contribution in [0.4, 0.5) is 11.4 Å². The summed E-state index contributed by atoms with van der Waals surface area (Å²) >= 11 is 0. The van der Waals surface area contributed by atoms with Crippen LogP contribution in [0.5, 0.6) is 5.75 Å². The highest BCUT2D eigenvalue weighted by molar-refractivity contribution is 6.24. The van der Waals surface area contributed by atoms with E-state index < -0.39 is 18.1 Å². The van der Waals surface area contributed by atoms with Crippen LogP contribution in [0.3, 0.4) is 0 Å². The normalized spacial score (nSPS) is 22.1. The van der Waals surface area contributed by atoms with Gasteiger partial charge in [-0.15, -0.1) is 0 Å². The highest BCUT2D eigenvalue weighted by Crippen LogP contribution is 2.48. The van der Waals surface area contributed by atoms with E-state index in [0.29, 0.717) is 18.0 Å². The van der Waals surface area contributed by atoms with Crippen molar-refractivity contribution in [3.8, 4) is 5.75 Å². The number of anilines is 2. The van der Waals surface area contributed by atoms with E-state index in [1.165, 1.54) is 4.90 Å². The van der Waals surface area contributed by atoms with Crippen molar-refractivity contribution >= 4 is 23.2 Å². The molecule has 0 bridgehead atoms. The monoisotopic (exact) mass is 442 g/mol. The summed E-state index contributed by atoms with van der Waals surface area (Å²) in [5.41, 5.74) is 4.52. The Labute approximate surface area is 193 Å². The van der Waals surface area contributed by atoms with Crippen LogP contribution in [0.25, 0.3) is 0 Å². The molecule has 2 heterocycles. The van der Waals surface area contributed by atoms with E-state index in [9.17, 15) is 9.59 Å². The van der Waals surface area contributed by atoms with Crippen LogP contribution < -0.4 is 14.7 Å². The number of aryl methyl sites for hydroxylation is 2. The van der Waals surface area contributed by atoms with Gasteiger partial charge in [-0.05, 0) is 68.3 Å². The van der Waals surface area contributed by atoms with Crippen molar-refractivity contribution in [3.05, 3.63) is 89.5 Å². The Hall–Kier alpha value is -3.64. The van der Waals surface area contributed by atoms with Crippen LogP contribution in [0.15, 0.2) is 72.8 Å². The van der Waals surface area contributed by atoms with Gasteiger partial charge in [0.05, 0.1) is 24.0 Å². The average Bonchev–Trinajstić information content (AvgIpc) is 3.31. The van der Waals surface area contributed by atoms with Gasteiger partial charge < -0.3 is 4.74 Å². The maximum Gasteiger partial charge on any atom is 0.266 e. The molecule has 3 aromatic carbocycles. The quantitative estimate of drug-likeness (QED) is 0.534. The third-order valence-electron chi connectivity index (χ3n) is 6.28. The van der Waals surface area contributed by atoms with E-state index in [4.69, 9.17) is 9.57 Å². The molecule has 2 fully saturated rings. The number of amides is 2. The van der Waals surface area contributed by atoms with E-state index in [1.807, 2.05) is 63.2 Å². The summed E-state index contributed by atoms with van der Waals surface area (Å²) in [6.45, 7) is 6.53. The molecule has 0 spiro atoms. The number of ether oxygens (including phenoxy) is 1. The fourth-order valence-electron chi connectivity index (χ4n) is 4.80. The summed E-state index contributed by atoms with van der Waals surface area (Å²) < 4.78 is 5.49. The van der Waals surface area contributed by atoms with Gasteiger partial charge in [0.15, 0.2) is 6.10 Å². The first-order valence-corrected chi connectivity index (χ1v) is 11.2. The van der Waals surface area contributed by atoms with Crippen molar-refractivity contribution in [1.82, 2.24) is 0 Å². The molecule has 33 heavy (non-hydrogen) atoms. The number of nitrogens with zero attached hydrogens (tertiary/aromatic N) is 2. The lowest BCUT2D eigenvalue weighted by Crippen LogP contribution is -2.37. The highest BCUT2D eigenvalue weighted by atomic mass is 16.7. The zero-order valence-electron chi connectivity index (χ0n) is 18.9. The predicted molar refractivity (Wildman–Crippen MR) is 126 cm³/mol. The molecule has 3 aromatic rings. The van der Waals surface area contributed by atoms with Crippen LogP contribution in [-0.2, 0) is 14.4 Å². The molecular formula is C27H26N2O4. The lowest BCUT2D eigenvalue weighted by molar-refractivity contribution is -0.126. The number of benzene rings is 3. The minimum absolute atomic E-state index is 0.252. The third kappa shape index (κ3) is 3.56. The number of hydrogen-bond donors (Lipinski definition) is 0. The second kappa shape index (κ2) is 8.37. The van der Waals surface area contributed by atoms with Crippen molar-refractivity contribution < 1.29 is 19.2 Å². The Morgan fingerprint density at radius 1 is 0.879 bits per heavy atom. The van der Waals surface area contributed by atoms with E-state index in [-0.39, 0.29) is 11.8 Å². The first kappa shape index (κ1) is 21.2. The number of carbonyl (C=O) groups is 2. The van der Waals surface area contributed by atoms with Crippen molar-refractivity contribution in [2.75, 3.05) is 16.6 Å². The molecule has 2 aliphatic heterocycles. The minimum atomic E-state index is -0.880. The van der Waals surface area contributed by atoms with Gasteiger partial charge in [0.25, 0.3) is 5.91 Å². The SMILES string of the molecule is CCOc1ccc(N2C(=O)[C@@H]3[C@@H](ON(c4ccccc4)[C@H]3c3ccc(C)cc3C)C2=O)cc1. The zero-order chi connectivity index (χ0) is 23.1. The molecule has 3 atom stereocenters. The smallest absolute Gasteiger partial charge is 0.266 e. The molecule has 2 amide bonds. The summed E-state index contributed by atoms with van der Waals surface area (Å²) in [5.74, 6) is -0.550. The second-order valence-corrected chi connectivity index (χ2v) is 8.46. The maximum absolute atomic E-state index is 13.7. The Morgan fingerprint density at radius 3 is 2.27 bits per heavy atom. The Morgan fingerprint density at radius 2 is 1.61 bits per heavy atom. The van der Waals surface area contributed by atoms with Crippen molar-refractivity contribution in [2.45, 2.75) is 32.9 Å². The summed E-state index contributed by atoms with van der Waals surface area (Å²) in [6, 6.07) is 22.4. The summed E-state index contributed by atoms with van der Waals surface area (Å²) in [7, 11) is 0.